The van der Waals surface area contributed by atoms with Crippen LogP contribution in [0.1, 0.15) is 52.7 Å². The first-order valence-corrected chi connectivity index (χ1v) is 11.7. The number of benzene rings is 2. The Kier molecular flexibility index (Phi) is 7.77. The van der Waals surface area contributed by atoms with Crippen LogP contribution in [-0.2, 0) is 4.74 Å². The SMILES string of the molecule is C[C@@H]1CN(c2cc(F)c(C3CCSCC3)c(F)c2)C(=O)O1.Cc1ccc(C(=O)O)c(C)c1. The van der Waals surface area contributed by atoms with Gasteiger partial charge in [-0.1, -0.05) is 17.7 Å². The predicted molar refractivity (Wildman–Crippen MR) is 122 cm³/mol. The Morgan fingerprint density at radius 1 is 1.12 bits per heavy atom. The molecule has 2 heterocycles. The van der Waals surface area contributed by atoms with Crippen molar-refractivity contribution in [3.05, 3.63) is 64.2 Å². The van der Waals surface area contributed by atoms with Gasteiger partial charge in [0.05, 0.1) is 17.8 Å². The van der Waals surface area contributed by atoms with Crippen LogP contribution in [0.2, 0.25) is 0 Å². The van der Waals surface area contributed by atoms with Crippen LogP contribution in [0.5, 0.6) is 0 Å². The van der Waals surface area contributed by atoms with E-state index in [1.54, 1.807) is 26.0 Å². The van der Waals surface area contributed by atoms with E-state index in [-0.39, 0.29) is 23.3 Å². The number of ether oxygens (including phenoxy) is 1. The number of aromatic carboxylic acids is 1. The maximum atomic E-state index is 14.3. The van der Waals surface area contributed by atoms with Crippen molar-refractivity contribution in [1.82, 2.24) is 0 Å². The van der Waals surface area contributed by atoms with Crippen molar-refractivity contribution >= 4 is 29.5 Å². The highest BCUT2D eigenvalue weighted by molar-refractivity contribution is 7.99. The van der Waals surface area contributed by atoms with Crippen molar-refractivity contribution < 1.29 is 28.2 Å². The predicted octanol–water partition coefficient (Wildman–Crippen LogP) is 5.92. The molecule has 4 rings (SSSR count). The van der Waals surface area contributed by atoms with Gasteiger partial charge in [0, 0.05) is 5.56 Å². The quantitative estimate of drug-likeness (QED) is 0.612. The summed E-state index contributed by atoms with van der Waals surface area (Å²) >= 11 is 1.81. The van der Waals surface area contributed by atoms with Gasteiger partial charge in [-0.05, 0) is 74.8 Å². The highest BCUT2D eigenvalue weighted by Gasteiger charge is 2.31. The van der Waals surface area contributed by atoms with Crippen molar-refractivity contribution in [3.8, 4) is 0 Å². The van der Waals surface area contributed by atoms with Crippen molar-refractivity contribution in [2.24, 2.45) is 0 Å². The average molecular weight is 464 g/mol. The van der Waals surface area contributed by atoms with Gasteiger partial charge in [0.25, 0.3) is 0 Å². The number of rotatable bonds is 3. The van der Waals surface area contributed by atoms with Crippen LogP contribution in [0, 0.1) is 25.5 Å². The van der Waals surface area contributed by atoms with Crippen molar-refractivity contribution in [3.63, 3.8) is 0 Å². The Balaban J connectivity index is 0.000000222. The minimum atomic E-state index is -0.859. The molecule has 0 aliphatic carbocycles. The number of anilines is 1. The zero-order chi connectivity index (χ0) is 23.4. The molecule has 0 radical (unpaired) electrons. The molecule has 0 spiro atoms. The van der Waals surface area contributed by atoms with Gasteiger partial charge < -0.3 is 9.84 Å². The van der Waals surface area contributed by atoms with Crippen LogP contribution in [-0.4, -0.2) is 41.3 Å². The lowest BCUT2D eigenvalue weighted by Crippen LogP contribution is -2.24. The molecule has 8 heteroatoms. The second-order valence-corrected chi connectivity index (χ2v) is 9.36. The summed E-state index contributed by atoms with van der Waals surface area (Å²) in [6.07, 6.45) is 0.767. The standard InChI is InChI=1S/C15H17F2NO2S.C9H10O2/c1-9-8-18(15(19)20-9)11-6-12(16)14(13(17)7-11)10-2-4-21-5-3-10;1-6-3-4-8(9(10)11)7(2)5-6/h6-7,9-10H,2-5,8H2,1H3;3-5H,1-2H3,(H,10,11)/t9-;/m1./s1. The lowest BCUT2D eigenvalue weighted by Gasteiger charge is -2.23. The Hall–Kier alpha value is -2.61. The average Bonchev–Trinajstić information content (AvgIpc) is 3.06. The first kappa shape index (κ1) is 24.0. The van der Waals surface area contributed by atoms with Crippen molar-refractivity contribution in [2.45, 2.75) is 45.6 Å². The van der Waals surface area contributed by atoms with Crippen LogP contribution >= 0.6 is 11.8 Å². The van der Waals surface area contributed by atoms with Gasteiger partial charge in [0.1, 0.15) is 17.7 Å². The molecule has 0 saturated carbocycles. The van der Waals surface area contributed by atoms with Gasteiger partial charge in [0.2, 0.25) is 0 Å². The second-order valence-electron chi connectivity index (χ2n) is 8.14. The third kappa shape index (κ3) is 5.59. The number of carboxylic acid groups (broad SMARTS) is 1. The largest absolute Gasteiger partial charge is 0.478 e. The molecule has 172 valence electrons. The fraction of sp³-hybridized carbons (Fsp3) is 0.417. The first-order valence-electron chi connectivity index (χ1n) is 10.5. The van der Waals surface area contributed by atoms with E-state index in [0.717, 1.165) is 35.5 Å². The topological polar surface area (TPSA) is 66.8 Å². The molecular formula is C24H27F2NO4S. The molecule has 0 aromatic heterocycles. The number of hydrogen-bond donors (Lipinski definition) is 1. The molecule has 2 aliphatic heterocycles. The third-order valence-electron chi connectivity index (χ3n) is 5.58. The van der Waals surface area contributed by atoms with E-state index in [1.165, 1.54) is 17.0 Å². The Morgan fingerprint density at radius 2 is 1.75 bits per heavy atom. The normalized spacial score (nSPS) is 18.7. The molecule has 2 saturated heterocycles. The summed E-state index contributed by atoms with van der Waals surface area (Å²) in [5.74, 6) is -0.182. The summed E-state index contributed by atoms with van der Waals surface area (Å²) in [5, 5.41) is 8.66. The van der Waals surface area contributed by atoms with E-state index in [4.69, 9.17) is 9.84 Å². The third-order valence-corrected chi connectivity index (χ3v) is 6.63. The van der Waals surface area contributed by atoms with Crippen LogP contribution in [0.25, 0.3) is 0 Å². The monoisotopic (exact) mass is 463 g/mol. The van der Waals surface area contributed by atoms with Gasteiger partial charge in [0.15, 0.2) is 0 Å². The van der Waals surface area contributed by atoms with Crippen LogP contribution < -0.4 is 4.90 Å². The number of carbonyl (C=O) groups excluding carboxylic acids is 1. The highest BCUT2D eigenvalue weighted by atomic mass is 32.2. The number of amides is 1. The molecule has 32 heavy (non-hydrogen) atoms. The fourth-order valence-corrected chi connectivity index (χ4v) is 5.08. The molecule has 1 N–H and O–H groups in total. The molecule has 1 amide bonds. The first-order chi connectivity index (χ1) is 15.2. The molecule has 2 fully saturated rings. The van der Waals surface area contributed by atoms with E-state index >= 15 is 0 Å². The lowest BCUT2D eigenvalue weighted by atomic mass is 9.92. The van der Waals surface area contributed by atoms with Gasteiger partial charge in [-0.2, -0.15) is 11.8 Å². The summed E-state index contributed by atoms with van der Waals surface area (Å²) in [6, 6.07) is 7.80. The summed E-state index contributed by atoms with van der Waals surface area (Å²) in [7, 11) is 0. The van der Waals surface area contributed by atoms with Gasteiger partial charge in [-0.3, -0.25) is 4.90 Å². The van der Waals surface area contributed by atoms with Crippen LogP contribution in [0.4, 0.5) is 19.3 Å². The van der Waals surface area contributed by atoms with Crippen LogP contribution in [0.15, 0.2) is 30.3 Å². The Morgan fingerprint density at radius 3 is 2.25 bits per heavy atom. The van der Waals surface area contributed by atoms with Gasteiger partial charge in [-0.25, -0.2) is 18.4 Å². The summed E-state index contributed by atoms with van der Waals surface area (Å²) in [6.45, 7) is 5.81. The molecular weight excluding hydrogens is 436 g/mol. The van der Waals surface area contributed by atoms with Crippen molar-refractivity contribution in [2.75, 3.05) is 23.0 Å². The maximum Gasteiger partial charge on any atom is 0.414 e. The lowest BCUT2D eigenvalue weighted by molar-refractivity contribution is 0.0696. The van der Waals surface area contributed by atoms with Gasteiger partial charge >= 0.3 is 12.1 Å². The maximum absolute atomic E-state index is 14.3. The number of halogens is 2. The van der Waals surface area contributed by atoms with Gasteiger partial charge in [-0.15, -0.1) is 0 Å². The molecule has 0 unspecified atom stereocenters. The number of carbonyl (C=O) groups is 2. The number of thioether (sulfide) groups is 1. The zero-order valence-electron chi connectivity index (χ0n) is 18.4. The van der Waals surface area contributed by atoms with E-state index in [2.05, 4.69) is 0 Å². The second kappa shape index (κ2) is 10.3. The highest BCUT2D eigenvalue weighted by Crippen LogP contribution is 2.36. The van der Waals surface area contributed by atoms with Crippen molar-refractivity contribution in [1.29, 1.82) is 0 Å². The minimum absolute atomic E-state index is 0.0650. The summed E-state index contributed by atoms with van der Waals surface area (Å²) in [5.41, 5.74) is 2.69. The van der Waals surface area contributed by atoms with E-state index in [1.807, 2.05) is 24.8 Å². The smallest absolute Gasteiger partial charge is 0.414 e. The fourth-order valence-electron chi connectivity index (χ4n) is 3.97. The number of cyclic esters (lactones) is 1. The molecule has 5 nitrogen and oxygen atoms in total. The van der Waals surface area contributed by atoms with E-state index in [0.29, 0.717) is 12.1 Å². The van der Waals surface area contributed by atoms with E-state index < -0.39 is 23.7 Å². The molecule has 2 aliphatic rings. The number of aryl methyl sites for hydroxylation is 2. The number of carboxylic acids is 1. The molecule has 2 aromatic carbocycles. The molecule has 1 atom stereocenters. The van der Waals surface area contributed by atoms with Crippen LogP contribution in [0.3, 0.4) is 0 Å². The Bertz CT molecular complexity index is 984. The minimum Gasteiger partial charge on any atom is -0.478 e. The summed E-state index contributed by atoms with van der Waals surface area (Å²) < 4.78 is 33.7. The summed E-state index contributed by atoms with van der Waals surface area (Å²) in [4.78, 5) is 23.5. The molecule has 2 aromatic rings. The number of nitrogens with zero attached hydrogens (tertiary/aromatic N) is 1. The zero-order valence-corrected chi connectivity index (χ0v) is 19.2. The number of hydrogen-bond acceptors (Lipinski definition) is 4. The molecule has 0 bridgehead atoms. The van der Waals surface area contributed by atoms with E-state index in [9.17, 15) is 18.4 Å². The Labute approximate surface area is 190 Å².